The molecular formula is C106H89ClO16. The van der Waals surface area contributed by atoms with Gasteiger partial charge >= 0.3 is 47.8 Å². The molecule has 16 nitrogen and oxygen atoms in total. The van der Waals surface area contributed by atoms with E-state index in [1.807, 2.05) is 140 Å². The van der Waals surface area contributed by atoms with Crippen molar-refractivity contribution in [2.24, 2.45) is 23.7 Å². The van der Waals surface area contributed by atoms with Crippen molar-refractivity contribution < 1.29 is 76.3 Å². The summed E-state index contributed by atoms with van der Waals surface area (Å²) in [5, 5.41) is 13.8. The lowest BCUT2D eigenvalue weighted by Gasteiger charge is -2.31. The second-order valence-corrected chi connectivity index (χ2v) is 32.0. The molecule has 0 spiro atoms. The van der Waals surface area contributed by atoms with E-state index in [1.54, 1.807) is 32.1 Å². The quantitative estimate of drug-likeness (QED) is 0.0381. The molecule has 13 aromatic carbocycles. The molecule has 0 amide bonds. The number of ether oxygens (including phenoxy) is 8. The zero-order valence-electron chi connectivity index (χ0n) is 68.5. The summed E-state index contributed by atoms with van der Waals surface area (Å²) < 4.78 is 44.7. The monoisotopic (exact) mass is 1650 g/mol. The van der Waals surface area contributed by atoms with Crippen molar-refractivity contribution >= 4 is 136 Å². The first-order valence-electron chi connectivity index (χ1n) is 41.0. The van der Waals surface area contributed by atoms with E-state index in [2.05, 4.69) is 142 Å². The molecule has 17 heteroatoms. The predicted octanol–water partition coefficient (Wildman–Crippen LogP) is 21.8. The lowest BCUT2D eigenvalue weighted by atomic mass is 9.78. The Balaban J connectivity index is 0.000000115. The van der Waals surface area contributed by atoms with E-state index in [4.69, 9.17) is 37.9 Å². The molecule has 0 aromatic heterocycles. The fourth-order valence-electron chi connectivity index (χ4n) is 18.9. The molecule has 8 aliphatic rings. The van der Waals surface area contributed by atoms with E-state index in [-0.39, 0.29) is 77.4 Å². The van der Waals surface area contributed by atoms with E-state index >= 15 is 0 Å². The largest absolute Gasteiger partial charge is 0.458 e. The third-order valence-corrected chi connectivity index (χ3v) is 24.4. The van der Waals surface area contributed by atoms with Gasteiger partial charge in [-0.25, -0.2) is 28.8 Å². The third kappa shape index (κ3) is 16.3. The van der Waals surface area contributed by atoms with Gasteiger partial charge in [-0.2, -0.15) is 0 Å². The Morgan fingerprint density at radius 1 is 0.398 bits per heavy atom. The Bertz CT molecular complexity index is 6510. The van der Waals surface area contributed by atoms with E-state index in [0.717, 1.165) is 96.1 Å². The number of esters is 8. The summed E-state index contributed by atoms with van der Waals surface area (Å²) in [4.78, 5) is 98.3. The van der Waals surface area contributed by atoms with Crippen LogP contribution in [0.25, 0.3) is 76.8 Å². The van der Waals surface area contributed by atoms with Gasteiger partial charge in [0.15, 0.2) is 6.61 Å². The molecule has 11 unspecified atom stereocenters. The van der Waals surface area contributed by atoms with E-state index in [9.17, 15) is 38.4 Å². The van der Waals surface area contributed by atoms with Crippen molar-refractivity contribution in [1.29, 1.82) is 0 Å². The zero-order valence-corrected chi connectivity index (χ0v) is 69.3. The molecule has 1 aliphatic heterocycles. The molecule has 3 fully saturated rings. The summed E-state index contributed by atoms with van der Waals surface area (Å²) in [6.45, 7) is 22.7. The van der Waals surface area contributed by atoms with Crippen LogP contribution in [0, 0.1) is 23.7 Å². The number of carbonyl (C=O) groups is 8. The van der Waals surface area contributed by atoms with Gasteiger partial charge in [0.2, 0.25) is 0 Å². The number of fused-ring (bicyclic) bond motifs is 2. The van der Waals surface area contributed by atoms with Crippen LogP contribution in [0.15, 0.2) is 292 Å². The number of alkyl halides is 1. The lowest BCUT2D eigenvalue weighted by molar-refractivity contribution is -0.166. The fourth-order valence-corrected chi connectivity index (χ4v) is 18.9. The van der Waals surface area contributed by atoms with E-state index < -0.39 is 54.5 Å². The number of hydrogen-bond donors (Lipinski definition) is 0. The van der Waals surface area contributed by atoms with Gasteiger partial charge in [-0.1, -0.05) is 270 Å². The summed E-state index contributed by atoms with van der Waals surface area (Å²) in [5.41, 5.74) is 15.5. The van der Waals surface area contributed by atoms with Crippen LogP contribution in [0.2, 0.25) is 0 Å². The second-order valence-electron chi connectivity index (χ2n) is 32.0. The van der Waals surface area contributed by atoms with Gasteiger partial charge in [-0.05, 0) is 149 Å². The molecule has 123 heavy (non-hydrogen) atoms. The highest BCUT2D eigenvalue weighted by atomic mass is 35.5. The summed E-state index contributed by atoms with van der Waals surface area (Å²) in [5.74, 6) is -4.88. The highest BCUT2D eigenvalue weighted by Crippen LogP contribution is 2.60. The molecule has 13 aromatic rings. The van der Waals surface area contributed by atoms with Crippen molar-refractivity contribution in [3.63, 3.8) is 0 Å². The number of rotatable bonds is 16. The second kappa shape index (κ2) is 35.5. The Hall–Kier alpha value is -13.8. The first-order chi connectivity index (χ1) is 59.7. The molecular weight excluding hydrogens is 1560 g/mol. The minimum absolute atomic E-state index is 0.109. The van der Waals surface area contributed by atoms with E-state index in [0.29, 0.717) is 36.0 Å². The summed E-state index contributed by atoms with van der Waals surface area (Å²) in [6.07, 6.45) is 6.74. The van der Waals surface area contributed by atoms with Crippen LogP contribution in [0.5, 0.6) is 0 Å². The van der Waals surface area contributed by atoms with Crippen LogP contribution in [0.3, 0.4) is 0 Å². The molecule has 11 atom stereocenters. The topological polar surface area (TPSA) is 210 Å². The van der Waals surface area contributed by atoms with Crippen molar-refractivity contribution in [3.05, 3.63) is 370 Å². The van der Waals surface area contributed by atoms with Gasteiger partial charge < -0.3 is 37.9 Å². The Kier molecular flexibility index (Phi) is 23.9. The van der Waals surface area contributed by atoms with E-state index in [1.165, 1.54) is 67.9 Å². The smallest absolute Gasteiger partial charge is 0.344 e. The Morgan fingerprint density at radius 3 is 1.20 bits per heavy atom. The maximum atomic E-state index is 13.4. The molecule has 2 saturated carbocycles. The van der Waals surface area contributed by atoms with Crippen LogP contribution >= 0.6 is 11.6 Å². The fraction of sp³-hybridized carbons (Fsp3) is 0.208. The lowest BCUT2D eigenvalue weighted by Crippen LogP contribution is -2.44. The van der Waals surface area contributed by atoms with Crippen LogP contribution in [0.1, 0.15) is 145 Å². The maximum Gasteiger partial charge on any atom is 0.344 e. The van der Waals surface area contributed by atoms with Crippen LogP contribution in [-0.4, -0.2) is 73.0 Å². The molecule has 0 N–H and O–H groups in total. The van der Waals surface area contributed by atoms with Gasteiger partial charge in [0, 0.05) is 94.9 Å². The standard InChI is InChI=1S/C25H22O6.C25H18O2.C21H16O2.C18H16O4.C16H14O2.CH3Cl/c1-11(2)23(26)30-21-15-10-16-20(25(28)31-22(16)21)19(15)24(27)29-17-9-13-7-3-5-12-6-4-8-14(17)18(12)13;1-2-16-13-14-21(20-11-4-3-10-19(16)20)25(26)27-23-15-18-9-5-7-17-8-6-12-22(23)24(17)18;1-2-14-9-11-16(12-10-14)21(22)23-19-13-17-7-3-5-15-6-4-8-18(19)20(15)17;1-11(2)18(20)21-10-16(19)22-15-9-13-7-3-5-12-6-4-8-14(15)17(12)13;1-10(2)16(17)18-14-9-12-7-3-5-11-6-4-8-13(14)15(11)12;1-2/h3-8,15-17,19-22H,1,9-10H2,2H3;2-14,23H,1,15H2;2-12,19H,1,13H2;3-8,15H,1,9-10H2,2H3;3-8,14H,1,9H2,2H3;1H3. The molecule has 7 aliphatic carbocycles. The van der Waals surface area contributed by atoms with Gasteiger partial charge in [-0.3, -0.25) is 9.59 Å². The maximum absolute atomic E-state index is 13.4. The van der Waals surface area contributed by atoms with Crippen LogP contribution in [-0.2, 0) is 98.8 Å². The minimum Gasteiger partial charge on any atom is -0.458 e. The first kappa shape index (κ1) is 82.8. The predicted molar refractivity (Wildman–Crippen MR) is 477 cm³/mol. The number of halogens is 1. The van der Waals surface area contributed by atoms with Gasteiger partial charge in [-0.15, -0.1) is 11.6 Å². The Labute approximate surface area is 716 Å². The number of carbonyl (C=O) groups excluding carboxylic acids is 8. The van der Waals surface area contributed by atoms with Crippen LogP contribution in [0.4, 0.5) is 0 Å². The molecule has 1 saturated heterocycles. The van der Waals surface area contributed by atoms with Gasteiger partial charge in [0.05, 0.1) is 23.0 Å². The molecule has 616 valence electrons. The summed E-state index contributed by atoms with van der Waals surface area (Å²) in [6, 6.07) is 80.4. The minimum atomic E-state index is -0.651. The van der Waals surface area contributed by atoms with Crippen LogP contribution < -0.4 is 0 Å². The van der Waals surface area contributed by atoms with Crippen molar-refractivity contribution in [1.82, 2.24) is 0 Å². The number of benzene rings is 13. The molecule has 0 radical (unpaired) electrons. The number of hydrogen-bond acceptors (Lipinski definition) is 16. The average Bonchev–Trinajstić information content (AvgIpc) is 1.54. The Morgan fingerprint density at radius 2 is 0.780 bits per heavy atom. The highest BCUT2D eigenvalue weighted by Gasteiger charge is 2.70. The highest BCUT2D eigenvalue weighted by molar-refractivity contribution is 6.15. The van der Waals surface area contributed by atoms with Crippen molar-refractivity contribution in [2.45, 2.75) is 102 Å². The SMILES string of the molecule is C=C(C)C(=O)OC1C2CC3C1OC(=O)C3C2C(=O)OC1Cc2cccc3cccc1c23.C=C(C)C(=O)OC1Cc2cccc3cccc1c23.C=C(C)C(=O)OCC(=O)OC1Cc2cccc3cccc1c23.C=Cc1ccc(C(=O)OC2Cc3cccc4cccc2c34)c2ccccc12.C=Cc1ccc(C(=O)OC2Cc3cccc4cccc2c34)cc1.CCl. The normalized spacial score (nSPS) is 20.1. The molecule has 21 rings (SSSR count). The molecule has 2 bridgehead atoms. The third-order valence-electron chi connectivity index (χ3n) is 24.4. The average molecular weight is 1650 g/mol. The summed E-state index contributed by atoms with van der Waals surface area (Å²) >= 11 is 4.64. The molecule has 1 heterocycles. The van der Waals surface area contributed by atoms with Crippen molar-refractivity contribution in [3.8, 4) is 0 Å². The first-order valence-corrected chi connectivity index (χ1v) is 41.8. The van der Waals surface area contributed by atoms with Gasteiger partial charge in [0.25, 0.3) is 0 Å². The zero-order chi connectivity index (χ0) is 86.0. The van der Waals surface area contributed by atoms with Crippen molar-refractivity contribution in [2.75, 3.05) is 13.0 Å². The van der Waals surface area contributed by atoms with Gasteiger partial charge in [0.1, 0.15) is 42.7 Å². The summed E-state index contributed by atoms with van der Waals surface area (Å²) in [7, 11) is 0.